The average Bonchev–Trinajstić information content (AvgIpc) is 3.24. The summed E-state index contributed by atoms with van der Waals surface area (Å²) in [5.41, 5.74) is 3.78. The van der Waals surface area contributed by atoms with E-state index in [1.54, 1.807) is 23.9 Å². The Morgan fingerprint density at radius 2 is 1.69 bits per heavy atom. The molecule has 2 atom stereocenters. The number of hydrogen-bond acceptors (Lipinski definition) is 10. The molecule has 0 unspecified atom stereocenters. The Balaban J connectivity index is 0.994. The fourth-order valence-corrected chi connectivity index (χ4v) is 9.90. The highest BCUT2D eigenvalue weighted by atomic mass is 32.2. The number of benzene rings is 5. The van der Waals surface area contributed by atoms with Crippen LogP contribution in [0.15, 0.2) is 125 Å². The van der Waals surface area contributed by atoms with E-state index < -0.39 is 43.2 Å². The highest BCUT2D eigenvalue weighted by Crippen LogP contribution is 2.36. The summed E-state index contributed by atoms with van der Waals surface area (Å²) in [4.78, 5) is 32.4. The molecule has 2 heterocycles. The van der Waals surface area contributed by atoms with Gasteiger partial charge in [0, 0.05) is 66.2 Å². The van der Waals surface area contributed by atoms with Gasteiger partial charge < -0.3 is 15.1 Å². The average molecular weight is 873 g/mol. The molecule has 0 radical (unpaired) electrons. The molecule has 0 spiro atoms. The van der Waals surface area contributed by atoms with E-state index in [-0.39, 0.29) is 23.3 Å². The number of nitro benzene ring substituents is 1. The van der Waals surface area contributed by atoms with Gasteiger partial charge in [-0.2, -0.15) is 13.2 Å². The number of anilines is 2. The number of piperazine rings is 1. The van der Waals surface area contributed by atoms with Gasteiger partial charge in [-0.05, 0) is 117 Å². The van der Waals surface area contributed by atoms with E-state index in [4.69, 9.17) is 0 Å². The monoisotopic (exact) mass is 872 g/mol. The summed E-state index contributed by atoms with van der Waals surface area (Å²) < 4.78 is 68.7. The Morgan fingerprint density at radius 3 is 2.41 bits per heavy atom. The highest BCUT2D eigenvalue weighted by molar-refractivity contribution is 7.99. The molecule has 0 aliphatic carbocycles. The molecule has 1 fully saturated rings. The van der Waals surface area contributed by atoms with Crippen LogP contribution in [0.5, 0.6) is 0 Å². The number of halogens is 3. The fraction of sp³-hybridized carbons (Fsp3) is 0.311. The zero-order valence-electron chi connectivity index (χ0n) is 33.8. The molecule has 7 rings (SSSR count). The molecule has 5 aromatic rings. The number of aryl methyl sites for hydroxylation is 1. The Morgan fingerprint density at radius 1 is 0.951 bits per heavy atom. The number of rotatable bonds is 15. The number of nitro groups is 1. The maximum atomic E-state index is 13.5. The van der Waals surface area contributed by atoms with E-state index >= 15 is 0 Å². The van der Waals surface area contributed by atoms with Crippen LogP contribution in [0.2, 0.25) is 0 Å². The van der Waals surface area contributed by atoms with E-state index in [2.05, 4.69) is 19.8 Å². The van der Waals surface area contributed by atoms with Crippen LogP contribution >= 0.6 is 11.8 Å². The molecule has 320 valence electrons. The predicted octanol–water partition coefficient (Wildman–Crippen LogP) is 8.56. The standard InChI is InChI=1S/C45H47F3N6O5S2/c1-51(2)23-22-36(30-60-38-9-4-3-5-10-38)49-41-20-19-39(27-43(41)54(56)57)61(58,59)50-44(55)33-15-21-42-32(26-33)14-18-37-29-52(24-25-53(37)42)28-34-8-6-7-11-40(34)31-12-16-35(17-13-31)45(46,47)48/h3-13,15-17,19-21,26-27,36-37,49H,14,18,22-25,28-30H2,1-2H3,(H,50,55)/t36-,37+/m1/s1. The number of hydrogen-bond donors (Lipinski definition) is 2. The lowest BCUT2D eigenvalue weighted by atomic mass is 9.92. The number of alkyl halides is 3. The zero-order chi connectivity index (χ0) is 43.3. The predicted molar refractivity (Wildman–Crippen MR) is 234 cm³/mol. The van der Waals surface area contributed by atoms with Crippen LogP contribution in [-0.4, -0.2) is 87.2 Å². The first-order valence-electron chi connectivity index (χ1n) is 20.0. The Hall–Kier alpha value is -5.42. The Labute approximate surface area is 358 Å². The summed E-state index contributed by atoms with van der Waals surface area (Å²) in [6.07, 6.45) is -2.24. The lowest BCUT2D eigenvalue weighted by molar-refractivity contribution is -0.384. The first-order chi connectivity index (χ1) is 29.1. The van der Waals surface area contributed by atoms with Crippen molar-refractivity contribution >= 4 is 44.8 Å². The van der Waals surface area contributed by atoms with Gasteiger partial charge >= 0.3 is 6.18 Å². The van der Waals surface area contributed by atoms with Crippen molar-refractivity contribution in [2.24, 2.45) is 0 Å². The Kier molecular flexibility index (Phi) is 13.4. The SMILES string of the molecule is CN(C)CC[C@H](CSc1ccccc1)Nc1ccc(S(=O)(=O)NC(=O)c2ccc3c(c2)CC[C@H]2CN(Cc4ccccc4-c4ccc(C(F)(F)F)cc4)CCN32)cc1[N+](=O)[O-]. The molecule has 11 nitrogen and oxygen atoms in total. The van der Waals surface area contributed by atoms with Gasteiger partial charge in [0.15, 0.2) is 0 Å². The first-order valence-corrected chi connectivity index (χ1v) is 22.4. The van der Waals surface area contributed by atoms with Crippen molar-refractivity contribution in [3.63, 3.8) is 0 Å². The van der Waals surface area contributed by atoms with Crippen LogP contribution in [0.25, 0.3) is 11.1 Å². The van der Waals surface area contributed by atoms with Crippen molar-refractivity contribution in [3.05, 3.63) is 148 Å². The first kappa shape index (κ1) is 43.7. The maximum absolute atomic E-state index is 13.5. The smallest absolute Gasteiger partial charge is 0.376 e. The van der Waals surface area contributed by atoms with Crippen molar-refractivity contribution < 1.29 is 31.3 Å². The second-order valence-corrected chi connectivity index (χ2v) is 18.4. The molecule has 0 saturated carbocycles. The third-order valence-corrected chi connectivity index (χ3v) is 13.6. The number of carbonyl (C=O) groups is 1. The van der Waals surface area contributed by atoms with Gasteiger partial charge in [0.05, 0.1) is 15.4 Å². The van der Waals surface area contributed by atoms with Crippen molar-refractivity contribution in [1.29, 1.82) is 0 Å². The van der Waals surface area contributed by atoms with Gasteiger partial charge in [0.1, 0.15) is 5.69 Å². The largest absolute Gasteiger partial charge is 0.416 e. The van der Waals surface area contributed by atoms with Crippen LogP contribution in [0.4, 0.5) is 30.2 Å². The Bertz CT molecular complexity index is 2470. The van der Waals surface area contributed by atoms with Crippen LogP contribution in [0.3, 0.4) is 0 Å². The number of thioether (sulfide) groups is 1. The molecular formula is C45H47F3N6O5S2. The van der Waals surface area contributed by atoms with Gasteiger partial charge in [-0.3, -0.25) is 19.8 Å². The quantitative estimate of drug-likeness (QED) is 0.0600. The lowest BCUT2D eigenvalue weighted by Crippen LogP contribution is -2.54. The number of sulfonamides is 1. The molecule has 2 aliphatic heterocycles. The minimum absolute atomic E-state index is 0.159. The van der Waals surface area contributed by atoms with Crippen LogP contribution < -0.4 is 14.9 Å². The van der Waals surface area contributed by atoms with E-state index in [1.807, 2.05) is 79.7 Å². The molecule has 1 saturated heterocycles. The van der Waals surface area contributed by atoms with Gasteiger partial charge in [0.25, 0.3) is 21.6 Å². The summed E-state index contributed by atoms with van der Waals surface area (Å²) >= 11 is 1.62. The minimum Gasteiger partial charge on any atom is -0.376 e. The molecule has 16 heteroatoms. The van der Waals surface area contributed by atoms with Gasteiger partial charge in [-0.25, -0.2) is 13.1 Å². The topological polar surface area (TPSA) is 128 Å². The van der Waals surface area contributed by atoms with Gasteiger partial charge in [0.2, 0.25) is 0 Å². The van der Waals surface area contributed by atoms with Crippen LogP contribution in [0, 0.1) is 10.1 Å². The molecule has 0 aromatic heterocycles. The molecule has 2 aliphatic rings. The van der Waals surface area contributed by atoms with Gasteiger partial charge in [-0.15, -0.1) is 11.8 Å². The molecule has 5 aromatic carbocycles. The molecule has 0 bridgehead atoms. The number of nitrogens with one attached hydrogen (secondary N) is 2. The van der Waals surface area contributed by atoms with Crippen molar-refractivity contribution in [2.75, 3.05) is 56.2 Å². The minimum atomic E-state index is -4.48. The van der Waals surface area contributed by atoms with Crippen LogP contribution in [-0.2, 0) is 29.2 Å². The lowest BCUT2D eigenvalue weighted by Gasteiger charge is -2.46. The molecule has 61 heavy (non-hydrogen) atoms. The summed E-state index contributed by atoms with van der Waals surface area (Å²) in [5.74, 6) is -0.220. The maximum Gasteiger partial charge on any atom is 0.416 e. The number of nitrogens with zero attached hydrogens (tertiary/aromatic N) is 4. The van der Waals surface area contributed by atoms with Crippen molar-refractivity contribution in [2.45, 2.75) is 53.9 Å². The van der Waals surface area contributed by atoms with Crippen molar-refractivity contribution in [1.82, 2.24) is 14.5 Å². The van der Waals surface area contributed by atoms with Crippen LogP contribution in [0.1, 0.15) is 39.9 Å². The van der Waals surface area contributed by atoms with E-state index in [0.717, 1.165) is 77.1 Å². The summed E-state index contributed by atoms with van der Waals surface area (Å²) in [5, 5.41) is 15.5. The summed E-state index contributed by atoms with van der Waals surface area (Å²) in [7, 11) is -0.587. The number of carbonyl (C=O) groups excluding carboxylic acids is 1. The summed E-state index contributed by atoms with van der Waals surface area (Å²) in [6.45, 7) is 3.59. The third kappa shape index (κ3) is 10.7. The normalized spacial score (nSPS) is 16.1. The fourth-order valence-electron chi connectivity index (χ4n) is 7.91. The third-order valence-electron chi connectivity index (χ3n) is 11.1. The number of fused-ring (bicyclic) bond motifs is 3. The van der Waals surface area contributed by atoms with Gasteiger partial charge in [-0.1, -0.05) is 54.6 Å². The summed E-state index contributed by atoms with van der Waals surface area (Å²) in [6, 6.07) is 31.6. The molecule has 2 N–H and O–H groups in total. The van der Waals surface area contributed by atoms with Crippen molar-refractivity contribution in [3.8, 4) is 11.1 Å². The van der Waals surface area contributed by atoms with E-state index in [9.17, 15) is 36.5 Å². The molecule has 1 amide bonds. The van der Waals surface area contributed by atoms with E-state index in [1.165, 1.54) is 24.3 Å². The number of amides is 1. The molecular weight excluding hydrogens is 826 g/mol. The highest BCUT2D eigenvalue weighted by Gasteiger charge is 2.33. The van der Waals surface area contributed by atoms with E-state index in [0.29, 0.717) is 31.7 Å². The zero-order valence-corrected chi connectivity index (χ0v) is 35.4. The second-order valence-electron chi connectivity index (χ2n) is 15.6. The second kappa shape index (κ2) is 18.7.